The molecule has 0 aliphatic rings. The van der Waals surface area contributed by atoms with Crippen LogP contribution in [-0.2, 0) is 10.2 Å². The van der Waals surface area contributed by atoms with Crippen molar-refractivity contribution in [2.75, 3.05) is 18.4 Å². The Morgan fingerprint density at radius 2 is 1.74 bits per heavy atom. The van der Waals surface area contributed by atoms with E-state index in [0.717, 1.165) is 25.2 Å². The highest BCUT2D eigenvalue weighted by Crippen LogP contribution is 2.23. The number of nitrogens with one attached hydrogen (secondary N) is 2. The number of carbonyl (C=O) groups is 1. The third-order valence-corrected chi connectivity index (χ3v) is 2.99. The Hall–Kier alpha value is -1.35. The first-order valence-corrected chi connectivity index (χ1v) is 7.04. The highest BCUT2D eigenvalue weighted by Gasteiger charge is 2.13. The second kappa shape index (κ2) is 7.29. The normalized spacial score (nSPS) is 11.4. The zero-order valence-corrected chi connectivity index (χ0v) is 12.5. The monoisotopic (exact) mass is 262 g/mol. The lowest BCUT2D eigenvalue weighted by molar-refractivity contribution is -0.116. The predicted molar refractivity (Wildman–Crippen MR) is 81.5 cm³/mol. The Labute approximate surface area is 116 Å². The quantitative estimate of drug-likeness (QED) is 0.772. The van der Waals surface area contributed by atoms with E-state index in [-0.39, 0.29) is 11.3 Å². The molecule has 0 bridgehead atoms. The molecule has 1 amide bonds. The van der Waals surface area contributed by atoms with Gasteiger partial charge in [-0.05, 0) is 36.1 Å². The number of carbonyl (C=O) groups excluding carboxylic acids is 1. The maximum atomic E-state index is 11.7. The Balaban J connectivity index is 2.43. The molecule has 0 aliphatic heterocycles. The van der Waals surface area contributed by atoms with E-state index in [2.05, 4.69) is 50.5 Å². The summed E-state index contributed by atoms with van der Waals surface area (Å²) in [5, 5.41) is 6.14. The number of hydrogen-bond donors (Lipinski definition) is 2. The average molecular weight is 262 g/mol. The van der Waals surface area contributed by atoms with Gasteiger partial charge in [-0.25, -0.2) is 0 Å². The first-order chi connectivity index (χ1) is 8.93. The van der Waals surface area contributed by atoms with Gasteiger partial charge in [0.05, 0.1) is 0 Å². The molecule has 0 heterocycles. The maximum Gasteiger partial charge on any atom is 0.225 e. The van der Waals surface area contributed by atoms with Gasteiger partial charge in [-0.15, -0.1) is 0 Å². The minimum Gasteiger partial charge on any atom is -0.326 e. The summed E-state index contributed by atoms with van der Waals surface area (Å²) >= 11 is 0. The molecular formula is C16H26N2O. The molecule has 0 spiro atoms. The lowest BCUT2D eigenvalue weighted by atomic mass is 9.87. The van der Waals surface area contributed by atoms with Crippen molar-refractivity contribution >= 4 is 11.6 Å². The molecule has 106 valence electrons. The molecule has 19 heavy (non-hydrogen) atoms. The summed E-state index contributed by atoms with van der Waals surface area (Å²) in [7, 11) is 0. The van der Waals surface area contributed by atoms with Crippen molar-refractivity contribution in [3.8, 4) is 0 Å². The highest BCUT2D eigenvalue weighted by atomic mass is 16.1. The standard InChI is InChI=1S/C16H26N2O/c1-5-11-17-12-10-15(19)18-14-8-6-13(7-9-14)16(2,3)4/h6-9,17H,5,10-12H2,1-4H3,(H,18,19). The summed E-state index contributed by atoms with van der Waals surface area (Å²) in [6.07, 6.45) is 1.61. The molecule has 0 aliphatic carbocycles. The Kier molecular flexibility index (Phi) is 6.03. The van der Waals surface area contributed by atoms with Gasteiger partial charge >= 0.3 is 0 Å². The number of amides is 1. The van der Waals surface area contributed by atoms with Crippen molar-refractivity contribution in [1.29, 1.82) is 0 Å². The van der Waals surface area contributed by atoms with Crippen molar-refractivity contribution in [1.82, 2.24) is 5.32 Å². The van der Waals surface area contributed by atoms with E-state index < -0.39 is 0 Å². The summed E-state index contributed by atoms with van der Waals surface area (Å²) in [5.74, 6) is 0.0621. The van der Waals surface area contributed by atoms with E-state index in [1.54, 1.807) is 0 Å². The lowest BCUT2D eigenvalue weighted by Gasteiger charge is -2.19. The van der Waals surface area contributed by atoms with Crippen LogP contribution in [0.2, 0.25) is 0 Å². The fourth-order valence-electron chi connectivity index (χ4n) is 1.78. The second-order valence-electron chi connectivity index (χ2n) is 5.88. The average Bonchev–Trinajstić information content (AvgIpc) is 2.34. The molecule has 1 aromatic rings. The van der Waals surface area contributed by atoms with Crippen LogP contribution in [0.5, 0.6) is 0 Å². The third-order valence-electron chi connectivity index (χ3n) is 2.99. The van der Waals surface area contributed by atoms with E-state index >= 15 is 0 Å². The molecule has 0 aromatic heterocycles. The number of benzene rings is 1. The first kappa shape index (κ1) is 15.7. The molecule has 0 saturated carbocycles. The molecule has 2 N–H and O–H groups in total. The highest BCUT2D eigenvalue weighted by molar-refractivity contribution is 5.90. The van der Waals surface area contributed by atoms with Crippen molar-refractivity contribution in [3.05, 3.63) is 29.8 Å². The fraction of sp³-hybridized carbons (Fsp3) is 0.562. The molecular weight excluding hydrogens is 236 g/mol. The van der Waals surface area contributed by atoms with Gasteiger partial charge in [0.25, 0.3) is 0 Å². The number of anilines is 1. The third kappa shape index (κ3) is 5.88. The van der Waals surface area contributed by atoms with Crippen molar-refractivity contribution < 1.29 is 4.79 Å². The van der Waals surface area contributed by atoms with E-state index in [9.17, 15) is 4.79 Å². The molecule has 3 nitrogen and oxygen atoms in total. The van der Waals surface area contributed by atoms with Crippen molar-refractivity contribution in [2.24, 2.45) is 0 Å². The minimum absolute atomic E-state index is 0.0621. The Morgan fingerprint density at radius 1 is 1.11 bits per heavy atom. The molecule has 1 rings (SSSR count). The van der Waals surface area contributed by atoms with Crippen LogP contribution in [-0.4, -0.2) is 19.0 Å². The van der Waals surface area contributed by atoms with Crippen molar-refractivity contribution in [3.63, 3.8) is 0 Å². The molecule has 0 radical (unpaired) electrons. The van der Waals surface area contributed by atoms with Crippen LogP contribution in [0.15, 0.2) is 24.3 Å². The van der Waals surface area contributed by atoms with Crippen LogP contribution in [0.1, 0.15) is 46.1 Å². The van der Waals surface area contributed by atoms with E-state index in [0.29, 0.717) is 6.42 Å². The summed E-state index contributed by atoms with van der Waals surface area (Å²) in [6.45, 7) is 10.4. The number of rotatable bonds is 6. The molecule has 3 heteroatoms. The van der Waals surface area contributed by atoms with Gasteiger partial charge in [0, 0.05) is 18.7 Å². The molecule has 0 saturated heterocycles. The largest absolute Gasteiger partial charge is 0.326 e. The topological polar surface area (TPSA) is 41.1 Å². The van der Waals surface area contributed by atoms with Crippen LogP contribution >= 0.6 is 0 Å². The zero-order valence-electron chi connectivity index (χ0n) is 12.5. The number of hydrogen-bond acceptors (Lipinski definition) is 2. The van der Waals surface area contributed by atoms with Gasteiger partial charge < -0.3 is 10.6 Å². The summed E-state index contributed by atoms with van der Waals surface area (Å²) in [4.78, 5) is 11.7. The van der Waals surface area contributed by atoms with Crippen LogP contribution in [0.4, 0.5) is 5.69 Å². The Morgan fingerprint density at radius 3 is 2.26 bits per heavy atom. The van der Waals surface area contributed by atoms with E-state index in [4.69, 9.17) is 0 Å². The van der Waals surface area contributed by atoms with Crippen LogP contribution in [0.25, 0.3) is 0 Å². The van der Waals surface area contributed by atoms with Gasteiger partial charge in [-0.2, -0.15) is 0 Å². The Bertz CT molecular complexity index is 390. The minimum atomic E-state index is 0.0621. The molecule has 0 unspecified atom stereocenters. The van der Waals surface area contributed by atoms with Gasteiger partial charge in [0.2, 0.25) is 5.91 Å². The molecule has 1 aromatic carbocycles. The van der Waals surface area contributed by atoms with E-state index in [1.165, 1.54) is 5.56 Å². The lowest BCUT2D eigenvalue weighted by Crippen LogP contribution is -2.22. The predicted octanol–water partition coefficient (Wildman–Crippen LogP) is 3.31. The van der Waals surface area contributed by atoms with Gasteiger partial charge in [-0.1, -0.05) is 39.8 Å². The summed E-state index contributed by atoms with van der Waals surface area (Å²) < 4.78 is 0. The van der Waals surface area contributed by atoms with Crippen LogP contribution in [0.3, 0.4) is 0 Å². The van der Waals surface area contributed by atoms with Crippen molar-refractivity contribution in [2.45, 2.75) is 46.0 Å². The van der Waals surface area contributed by atoms with Gasteiger partial charge in [0.1, 0.15) is 0 Å². The smallest absolute Gasteiger partial charge is 0.225 e. The first-order valence-electron chi connectivity index (χ1n) is 7.04. The fourth-order valence-corrected chi connectivity index (χ4v) is 1.78. The summed E-state index contributed by atoms with van der Waals surface area (Å²) in [5.41, 5.74) is 2.29. The molecule has 0 atom stereocenters. The van der Waals surface area contributed by atoms with E-state index in [1.807, 2.05) is 12.1 Å². The SMILES string of the molecule is CCCNCCC(=O)Nc1ccc(C(C)(C)C)cc1. The van der Waals surface area contributed by atoms with Crippen LogP contribution in [0, 0.1) is 0 Å². The maximum absolute atomic E-state index is 11.7. The van der Waals surface area contributed by atoms with Crippen LogP contribution < -0.4 is 10.6 Å². The molecule has 0 fully saturated rings. The second-order valence-corrected chi connectivity index (χ2v) is 5.88. The van der Waals surface area contributed by atoms with Gasteiger partial charge in [0.15, 0.2) is 0 Å². The summed E-state index contributed by atoms with van der Waals surface area (Å²) in [6, 6.07) is 8.09. The van der Waals surface area contributed by atoms with Gasteiger partial charge in [-0.3, -0.25) is 4.79 Å². The zero-order chi connectivity index (χ0) is 14.3.